The van der Waals surface area contributed by atoms with E-state index < -0.39 is 12.0 Å². The number of rotatable bonds is 0. The van der Waals surface area contributed by atoms with Crippen LogP contribution in [0.3, 0.4) is 0 Å². The van der Waals surface area contributed by atoms with Crippen LogP contribution in [0.25, 0.3) is 11.0 Å². The van der Waals surface area contributed by atoms with Gasteiger partial charge in [0, 0.05) is 0 Å². The maximum absolute atomic E-state index is 13.0. The third-order valence-electron chi connectivity index (χ3n) is 2.78. The standard InChI is InChI=1S/C10H6Cl4F3N2.ClH/c1-18-7-5(13)3(11)4(12)6(14)8(7)19(2)9(18)10(15,16)17;/h1-2H3;1H/q+1;/p-1. The van der Waals surface area contributed by atoms with Crippen LogP contribution >= 0.6 is 46.4 Å². The van der Waals surface area contributed by atoms with E-state index in [1.165, 1.54) is 14.1 Å². The monoisotopic (exact) mass is 386 g/mol. The largest absolute Gasteiger partial charge is 1.00 e. The summed E-state index contributed by atoms with van der Waals surface area (Å²) in [5.41, 5.74) is 0.159. The molecule has 112 valence electrons. The fourth-order valence-electron chi connectivity index (χ4n) is 2.04. The summed E-state index contributed by atoms with van der Waals surface area (Å²) < 4.78 is 40.8. The molecule has 20 heavy (non-hydrogen) atoms. The number of fused-ring (bicyclic) bond motifs is 1. The molecule has 2 aromatic rings. The van der Waals surface area contributed by atoms with Gasteiger partial charge in [-0.3, -0.25) is 0 Å². The van der Waals surface area contributed by atoms with Gasteiger partial charge in [-0.2, -0.15) is 13.2 Å². The smallest absolute Gasteiger partial charge is 0.495 e. The molecule has 0 bridgehead atoms. The number of halogens is 8. The van der Waals surface area contributed by atoms with Gasteiger partial charge < -0.3 is 12.4 Å². The van der Waals surface area contributed by atoms with Gasteiger partial charge in [0.05, 0.1) is 24.1 Å². The van der Waals surface area contributed by atoms with Crippen LogP contribution in [0.2, 0.25) is 20.1 Å². The molecule has 2 rings (SSSR count). The van der Waals surface area contributed by atoms with Gasteiger partial charge in [-0.05, 0) is 0 Å². The Morgan fingerprint density at radius 2 is 1.40 bits per heavy atom. The SMILES string of the molecule is Cn1c(C(F)(F)F)[n+](C)c2c(Cl)c(Cl)c(Cl)c(Cl)c21.[Cl-]. The van der Waals surface area contributed by atoms with E-state index in [9.17, 15) is 13.2 Å². The first-order valence-corrected chi connectivity index (χ1v) is 6.37. The van der Waals surface area contributed by atoms with E-state index in [2.05, 4.69) is 0 Å². The van der Waals surface area contributed by atoms with E-state index in [1.807, 2.05) is 0 Å². The van der Waals surface area contributed by atoms with Crippen molar-refractivity contribution in [2.45, 2.75) is 6.18 Å². The van der Waals surface area contributed by atoms with Gasteiger partial charge in [0.25, 0.3) is 0 Å². The Morgan fingerprint density at radius 3 is 1.85 bits per heavy atom. The van der Waals surface area contributed by atoms with Crippen LogP contribution in [0.15, 0.2) is 0 Å². The molecule has 0 amide bonds. The highest BCUT2D eigenvalue weighted by Crippen LogP contribution is 2.43. The molecule has 10 heteroatoms. The van der Waals surface area contributed by atoms with Crippen LogP contribution in [0, 0.1) is 0 Å². The van der Waals surface area contributed by atoms with Crippen LogP contribution in [0.1, 0.15) is 5.82 Å². The van der Waals surface area contributed by atoms with E-state index >= 15 is 0 Å². The molecule has 0 radical (unpaired) electrons. The topological polar surface area (TPSA) is 8.81 Å². The van der Waals surface area contributed by atoms with Crippen LogP contribution in [-0.2, 0) is 20.3 Å². The lowest BCUT2D eigenvalue weighted by Gasteiger charge is -2.02. The number of benzene rings is 1. The molecule has 0 spiro atoms. The molecule has 0 aliphatic rings. The third-order valence-corrected chi connectivity index (χ3v) is 4.56. The predicted octanol–water partition coefficient (Wildman–Crippen LogP) is 1.64. The maximum atomic E-state index is 13.0. The number of aryl methyl sites for hydroxylation is 2. The lowest BCUT2D eigenvalue weighted by atomic mass is 10.3. The summed E-state index contributed by atoms with van der Waals surface area (Å²) in [4.78, 5) is 0. The zero-order chi connectivity index (χ0) is 14.7. The van der Waals surface area contributed by atoms with Crippen LogP contribution in [0.5, 0.6) is 0 Å². The molecule has 0 N–H and O–H groups in total. The molecule has 2 nitrogen and oxygen atoms in total. The number of hydrogen-bond donors (Lipinski definition) is 0. The normalized spacial score (nSPS) is 11.8. The quantitative estimate of drug-likeness (QED) is 0.369. The average molecular weight is 388 g/mol. The summed E-state index contributed by atoms with van der Waals surface area (Å²) in [5.74, 6) is -0.912. The van der Waals surface area contributed by atoms with Gasteiger partial charge in [-0.25, -0.2) is 9.13 Å². The third kappa shape index (κ3) is 2.44. The first-order valence-electron chi connectivity index (χ1n) is 4.86. The summed E-state index contributed by atoms with van der Waals surface area (Å²) in [7, 11) is 2.47. The fourth-order valence-corrected chi connectivity index (χ4v) is 3.12. The van der Waals surface area contributed by atoms with E-state index in [0.717, 1.165) is 9.13 Å². The number of imidazole rings is 1. The summed E-state index contributed by atoms with van der Waals surface area (Å²) in [5, 5.41) is -0.286. The van der Waals surface area contributed by atoms with Gasteiger partial charge in [0.15, 0.2) is 11.0 Å². The zero-order valence-corrected chi connectivity index (χ0v) is 13.7. The van der Waals surface area contributed by atoms with Crippen molar-refractivity contribution >= 4 is 57.4 Å². The van der Waals surface area contributed by atoms with E-state index in [4.69, 9.17) is 46.4 Å². The highest BCUT2D eigenvalue weighted by Gasteiger charge is 2.46. The first-order chi connectivity index (χ1) is 8.59. The Kier molecular flexibility index (Phi) is 5.05. The Balaban J connectivity index is 0.00000200. The minimum Gasteiger partial charge on any atom is -1.00 e. The molecule has 1 heterocycles. The number of nitrogens with zero attached hydrogens (tertiary/aromatic N) is 2. The van der Waals surface area contributed by atoms with Crippen molar-refractivity contribution in [3.05, 3.63) is 25.9 Å². The zero-order valence-electron chi connectivity index (χ0n) is 9.92. The molecule has 0 saturated heterocycles. The van der Waals surface area contributed by atoms with Crippen molar-refractivity contribution in [2.24, 2.45) is 14.1 Å². The number of alkyl halides is 3. The van der Waals surface area contributed by atoms with Gasteiger partial charge in [-0.1, -0.05) is 46.4 Å². The molecule has 0 aliphatic heterocycles. The van der Waals surface area contributed by atoms with Crippen molar-refractivity contribution in [3.63, 3.8) is 0 Å². The lowest BCUT2D eigenvalue weighted by Crippen LogP contribution is -3.00. The molecule has 0 saturated carbocycles. The number of hydrogen-bond acceptors (Lipinski definition) is 0. The second-order valence-electron chi connectivity index (χ2n) is 3.89. The molecular weight excluding hydrogens is 382 g/mol. The summed E-state index contributed by atoms with van der Waals surface area (Å²) in [6.45, 7) is 0. The van der Waals surface area contributed by atoms with Gasteiger partial charge in [-0.15, -0.1) is 0 Å². The highest BCUT2D eigenvalue weighted by molar-refractivity contribution is 6.54. The van der Waals surface area contributed by atoms with E-state index in [0.29, 0.717) is 0 Å². The van der Waals surface area contributed by atoms with E-state index in [-0.39, 0.29) is 43.5 Å². The second-order valence-corrected chi connectivity index (χ2v) is 5.40. The van der Waals surface area contributed by atoms with Crippen LogP contribution < -0.4 is 17.0 Å². The predicted molar refractivity (Wildman–Crippen MR) is 69.1 cm³/mol. The molecule has 0 unspecified atom stereocenters. The Morgan fingerprint density at radius 1 is 0.950 bits per heavy atom. The fraction of sp³-hybridized carbons (Fsp3) is 0.300. The Bertz CT molecular complexity index is 642. The first kappa shape index (κ1) is 18.0. The van der Waals surface area contributed by atoms with Crippen LogP contribution in [0.4, 0.5) is 13.2 Å². The molecule has 1 aromatic carbocycles. The summed E-state index contributed by atoms with van der Waals surface area (Å²) in [6.07, 6.45) is -4.56. The minimum atomic E-state index is -4.56. The Hall–Kier alpha value is -0.0700. The maximum Gasteiger partial charge on any atom is 0.495 e. The minimum absolute atomic E-state index is 0. The van der Waals surface area contributed by atoms with Crippen molar-refractivity contribution in [3.8, 4) is 0 Å². The van der Waals surface area contributed by atoms with Crippen molar-refractivity contribution in [1.82, 2.24) is 4.57 Å². The number of aromatic nitrogens is 2. The summed E-state index contributed by atoms with van der Waals surface area (Å²) >= 11 is 23.6. The second kappa shape index (κ2) is 5.61. The van der Waals surface area contributed by atoms with Crippen LogP contribution in [-0.4, -0.2) is 4.57 Å². The van der Waals surface area contributed by atoms with Gasteiger partial charge in [0.1, 0.15) is 10.0 Å². The van der Waals surface area contributed by atoms with Crippen molar-refractivity contribution in [2.75, 3.05) is 0 Å². The molecular formula is C10H6Cl5F3N2. The highest BCUT2D eigenvalue weighted by atomic mass is 35.5. The van der Waals surface area contributed by atoms with Gasteiger partial charge in [0.2, 0.25) is 0 Å². The van der Waals surface area contributed by atoms with Crippen molar-refractivity contribution < 1.29 is 30.1 Å². The molecule has 0 aliphatic carbocycles. The molecule has 0 atom stereocenters. The van der Waals surface area contributed by atoms with Crippen molar-refractivity contribution in [1.29, 1.82) is 0 Å². The molecule has 1 aromatic heterocycles. The van der Waals surface area contributed by atoms with Gasteiger partial charge >= 0.3 is 12.0 Å². The molecule has 0 fully saturated rings. The summed E-state index contributed by atoms with van der Waals surface area (Å²) in [6, 6.07) is 0. The average Bonchev–Trinajstić information content (AvgIpc) is 2.55. The van der Waals surface area contributed by atoms with E-state index in [1.54, 1.807) is 0 Å². The Labute approximate surface area is 138 Å². The lowest BCUT2D eigenvalue weighted by molar-refractivity contribution is -0.667.